The van der Waals surface area contributed by atoms with Gasteiger partial charge in [-0.1, -0.05) is 22.9 Å². The number of hydrogen-bond donors (Lipinski definition) is 1. The molecule has 0 aromatic carbocycles. The van der Waals surface area contributed by atoms with Crippen molar-refractivity contribution >= 4 is 28.3 Å². The zero-order valence-corrected chi connectivity index (χ0v) is 15.8. The summed E-state index contributed by atoms with van der Waals surface area (Å²) in [6, 6.07) is 0. The largest absolute Gasteiger partial charge is 0.361 e. The normalized spacial score (nSPS) is 16.9. The first-order chi connectivity index (χ1) is 12.5. The van der Waals surface area contributed by atoms with E-state index in [1.807, 2.05) is 18.7 Å². The second kappa shape index (κ2) is 6.83. The van der Waals surface area contributed by atoms with Crippen LogP contribution in [0.2, 0.25) is 0 Å². The summed E-state index contributed by atoms with van der Waals surface area (Å²) in [6.07, 6.45) is 4.11. The highest BCUT2D eigenvalue weighted by molar-refractivity contribution is 7.15. The third kappa shape index (κ3) is 3.25. The van der Waals surface area contributed by atoms with Gasteiger partial charge < -0.3 is 14.7 Å². The Morgan fingerprint density at radius 2 is 2.15 bits per heavy atom. The minimum atomic E-state index is 0.0681. The first-order valence-corrected chi connectivity index (χ1v) is 9.82. The highest BCUT2D eigenvalue weighted by atomic mass is 32.1. The molecule has 1 fully saturated rings. The van der Waals surface area contributed by atoms with E-state index in [9.17, 15) is 9.59 Å². The number of rotatable bonds is 4. The molecule has 1 saturated carbocycles. The number of nitrogens with zero attached hydrogens (tertiary/aromatic N) is 3. The summed E-state index contributed by atoms with van der Waals surface area (Å²) < 4.78 is 5.14. The van der Waals surface area contributed by atoms with Crippen LogP contribution in [0.4, 0.5) is 5.13 Å². The summed E-state index contributed by atoms with van der Waals surface area (Å²) in [5.74, 6) is 0.989. The maximum atomic E-state index is 12.7. The van der Waals surface area contributed by atoms with Crippen LogP contribution >= 0.6 is 11.3 Å². The van der Waals surface area contributed by atoms with Crippen molar-refractivity contribution in [3.63, 3.8) is 0 Å². The van der Waals surface area contributed by atoms with Crippen LogP contribution in [0.5, 0.6) is 0 Å². The van der Waals surface area contributed by atoms with Gasteiger partial charge in [0.1, 0.15) is 5.76 Å². The maximum Gasteiger partial charge on any atom is 0.229 e. The first kappa shape index (κ1) is 17.2. The molecule has 1 aliphatic heterocycles. The molecule has 26 heavy (non-hydrogen) atoms. The van der Waals surface area contributed by atoms with E-state index in [-0.39, 0.29) is 17.7 Å². The molecule has 0 bridgehead atoms. The molecule has 2 aromatic heterocycles. The molecule has 0 unspecified atom stereocenters. The van der Waals surface area contributed by atoms with Crippen LogP contribution in [-0.2, 0) is 29.0 Å². The summed E-state index contributed by atoms with van der Waals surface area (Å²) >= 11 is 1.48. The Morgan fingerprint density at radius 1 is 1.35 bits per heavy atom. The molecule has 0 atom stereocenters. The third-order valence-electron chi connectivity index (χ3n) is 5.30. The number of anilines is 1. The van der Waals surface area contributed by atoms with Crippen molar-refractivity contribution in [3.05, 3.63) is 27.6 Å². The number of carbonyl (C=O) groups is 2. The van der Waals surface area contributed by atoms with Gasteiger partial charge in [-0.15, -0.1) is 0 Å². The summed E-state index contributed by atoms with van der Waals surface area (Å²) in [5.41, 5.74) is 2.64. The van der Waals surface area contributed by atoms with Gasteiger partial charge in [0.15, 0.2) is 5.13 Å². The van der Waals surface area contributed by atoms with Gasteiger partial charge in [-0.25, -0.2) is 4.98 Å². The fourth-order valence-corrected chi connectivity index (χ4v) is 4.38. The highest BCUT2D eigenvalue weighted by Crippen LogP contribution is 2.31. The molecule has 1 N–H and O–H groups in total. The van der Waals surface area contributed by atoms with E-state index in [2.05, 4.69) is 15.5 Å². The number of fused-ring (bicyclic) bond motifs is 1. The van der Waals surface area contributed by atoms with E-state index < -0.39 is 0 Å². The van der Waals surface area contributed by atoms with Crippen LogP contribution in [0, 0.1) is 19.8 Å². The van der Waals surface area contributed by atoms with Gasteiger partial charge in [0.05, 0.1) is 24.4 Å². The van der Waals surface area contributed by atoms with Crippen molar-refractivity contribution in [2.75, 3.05) is 11.9 Å². The van der Waals surface area contributed by atoms with Gasteiger partial charge in [0, 0.05) is 29.3 Å². The smallest absolute Gasteiger partial charge is 0.229 e. The Bertz CT molecular complexity index is 833. The SMILES string of the molecule is Cc1noc(C)c1CC(=O)N1CCc2nc(NC(=O)C3CCC3)sc2C1. The minimum Gasteiger partial charge on any atom is -0.361 e. The van der Waals surface area contributed by atoms with Gasteiger partial charge in [-0.3, -0.25) is 9.59 Å². The predicted octanol–water partition coefficient (Wildman–Crippen LogP) is 2.61. The molecule has 8 heteroatoms. The monoisotopic (exact) mass is 374 g/mol. The van der Waals surface area contributed by atoms with Crippen molar-refractivity contribution in [1.82, 2.24) is 15.0 Å². The molecule has 0 spiro atoms. The van der Waals surface area contributed by atoms with Gasteiger partial charge in [-0.2, -0.15) is 0 Å². The van der Waals surface area contributed by atoms with Crippen LogP contribution in [0.3, 0.4) is 0 Å². The van der Waals surface area contributed by atoms with Gasteiger partial charge >= 0.3 is 0 Å². The number of hydrogen-bond acceptors (Lipinski definition) is 6. The van der Waals surface area contributed by atoms with Crippen LogP contribution < -0.4 is 5.32 Å². The van der Waals surface area contributed by atoms with E-state index in [0.717, 1.165) is 47.5 Å². The molecule has 2 amide bonds. The van der Waals surface area contributed by atoms with Crippen LogP contribution in [-0.4, -0.2) is 33.4 Å². The molecule has 3 heterocycles. The number of aromatic nitrogens is 2. The lowest BCUT2D eigenvalue weighted by molar-refractivity contribution is -0.131. The lowest BCUT2D eigenvalue weighted by Crippen LogP contribution is -2.36. The average molecular weight is 374 g/mol. The summed E-state index contributed by atoms with van der Waals surface area (Å²) in [5, 5.41) is 7.51. The zero-order chi connectivity index (χ0) is 18.3. The summed E-state index contributed by atoms with van der Waals surface area (Å²) in [7, 11) is 0. The molecule has 2 aliphatic rings. The van der Waals surface area contributed by atoms with Crippen LogP contribution in [0.15, 0.2) is 4.52 Å². The third-order valence-corrected chi connectivity index (χ3v) is 6.30. The number of thiazole rings is 1. The number of nitrogens with one attached hydrogen (secondary N) is 1. The van der Waals surface area contributed by atoms with Crippen LogP contribution in [0.1, 0.15) is 46.9 Å². The molecular formula is C18H22N4O3S. The summed E-state index contributed by atoms with van der Waals surface area (Å²) in [6.45, 7) is 4.88. The molecular weight excluding hydrogens is 352 g/mol. The Balaban J connectivity index is 1.41. The van der Waals surface area contributed by atoms with Crippen molar-refractivity contribution in [1.29, 1.82) is 0 Å². The van der Waals surface area contributed by atoms with Gasteiger partial charge in [-0.05, 0) is 26.7 Å². The number of aryl methyl sites for hydroxylation is 2. The van der Waals surface area contributed by atoms with Crippen LogP contribution in [0.25, 0.3) is 0 Å². The fourth-order valence-electron chi connectivity index (χ4n) is 3.36. The molecule has 138 valence electrons. The van der Waals surface area contributed by atoms with E-state index in [1.165, 1.54) is 11.3 Å². The molecule has 2 aromatic rings. The van der Waals surface area contributed by atoms with E-state index in [0.29, 0.717) is 30.4 Å². The van der Waals surface area contributed by atoms with Crippen molar-refractivity contribution < 1.29 is 14.1 Å². The van der Waals surface area contributed by atoms with E-state index in [4.69, 9.17) is 4.52 Å². The van der Waals surface area contributed by atoms with Gasteiger partial charge in [0.2, 0.25) is 11.8 Å². The second-order valence-electron chi connectivity index (χ2n) is 7.05. The number of carbonyl (C=O) groups excluding carboxylic acids is 2. The van der Waals surface area contributed by atoms with Crippen molar-refractivity contribution in [2.45, 2.75) is 52.5 Å². The van der Waals surface area contributed by atoms with E-state index >= 15 is 0 Å². The lowest BCUT2D eigenvalue weighted by atomic mass is 9.85. The highest BCUT2D eigenvalue weighted by Gasteiger charge is 2.28. The maximum absolute atomic E-state index is 12.7. The molecule has 1 aliphatic carbocycles. The molecule has 7 nitrogen and oxygen atoms in total. The second-order valence-corrected chi connectivity index (χ2v) is 8.13. The average Bonchev–Trinajstić information content (AvgIpc) is 3.09. The topological polar surface area (TPSA) is 88.3 Å². The predicted molar refractivity (Wildman–Crippen MR) is 96.9 cm³/mol. The van der Waals surface area contributed by atoms with Crippen molar-refractivity contribution in [3.8, 4) is 0 Å². The molecule has 0 saturated heterocycles. The molecule has 4 rings (SSSR count). The minimum absolute atomic E-state index is 0.0681. The Hall–Kier alpha value is -2.22. The summed E-state index contributed by atoms with van der Waals surface area (Å²) in [4.78, 5) is 32.2. The number of amides is 2. The Kier molecular flexibility index (Phi) is 4.52. The quantitative estimate of drug-likeness (QED) is 0.889. The first-order valence-electron chi connectivity index (χ1n) is 9.00. The van der Waals surface area contributed by atoms with E-state index in [1.54, 1.807) is 0 Å². The molecule has 0 radical (unpaired) electrons. The Labute approximate surface area is 155 Å². The zero-order valence-electron chi connectivity index (χ0n) is 15.0. The van der Waals surface area contributed by atoms with Gasteiger partial charge in [0.25, 0.3) is 0 Å². The Morgan fingerprint density at radius 3 is 2.81 bits per heavy atom. The fraction of sp³-hybridized carbons (Fsp3) is 0.556. The lowest BCUT2D eigenvalue weighted by Gasteiger charge is -2.26. The van der Waals surface area contributed by atoms with Crippen molar-refractivity contribution in [2.24, 2.45) is 5.92 Å². The standard InChI is InChI=1S/C18H22N4O3S/c1-10-13(11(2)25-21-10)8-16(23)22-7-6-14-15(9-22)26-18(19-14)20-17(24)12-4-3-5-12/h12H,3-9H2,1-2H3,(H,19,20,24).